The van der Waals surface area contributed by atoms with Crippen LogP contribution in [0.3, 0.4) is 0 Å². The summed E-state index contributed by atoms with van der Waals surface area (Å²) in [6.07, 6.45) is 2.63. The van der Waals surface area contributed by atoms with Crippen molar-refractivity contribution in [2.75, 3.05) is 0 Å². The standard InChI is InChI=1S/C12H14N4O3S/c17-11(2-1-9-3-4-20-8-9)13-5-10-6-16(15-14-10)7-12(18)19/h3-4,6,8H,1-2,5,7H2,(H,13,17)(H,18,19). The molecule has 0 aliphatic rings. The van der Waals surface area contributed by atoms with Crippen LogP contribution < -0.4 is 5.32 Å². The lowest BCUT2D eigenvalue weighted by Crippen LogP contribution is -2.23. The summed E-state index contributed by atoms with van der Waals surface area (Å²) in [6.45, 7) is 0.0151. The highest BCUT2D eigenvalue weighted by molar-refractivity contribution is 7.07. The Kier molecular flexibility index (Phi) is 4.83. The molecule has 2 aromatic rings. The number of carboxylic acids is 1. The Morgan fingerprint density at radius 3 is 3.00 bits per heavy atom. The number of carbonyl (C=O) groups excluding carboxylic acids is 1. The molecule has 2 heterocycles. The third-order valence-electron chi connectivity index (χ3n) is 2.57. The molecule has 0 spiro atoms. The quantitative estimate of drug-likeness (QED) is 0.782. The fourth-order valence-corrected chi connectivity index (χ4v) is 2.31. The third kappa shape index (κ3) is 4.47. The molecule has 2 rings (SSSR count). The fourth-order valence-electron chi connectivity index (χ4n) is 1.61. The number of nitrogens with zero attached hydrogens (tertiary/aromatic N) is 3. The van der Waals surface area contributed by atoms with E-state index in [0.29, 0.717) is 18.5 Å². The van der Waals surface area contributed by atoms with E-state index in [9.17, 15) is 9.59 Å². The van der Waals surface area contributed by atoms with Crippen molar-refractivity contribution in [1.29, 1.82) is 0 Å². The molecule has 8 heteroatoms. The summed E-state index contributed by atoms with van der Waals surface area (Å²) in [5.41, 5.74) is 1.69. The molecule has 2 aromatic heterocycles. The van der Waals surface area contributed by atoms with E-state index >= 15 is 0 Å². The summed E-state index contributed by atoms with van der Waals surface area (Å²) < 4.78 is 1.22. The number of nitrogens with one attached hydrogen (secondary N) is 1. The van der Waals surface area contributed by atoms with Gasteiger partial charge >= 0.3 is 5.97 Å². The van der Waals surface area contributed by atoms with Crippen LogP contribution in [-0.2, 0) is 29.1 Å². The van der Waals surface area contributed by atoms with E-state index in [4.69, 9.17) is 5.11 Å². The Bertz CT molecular complexity index is 579. The predicted octanol–water partition coefficient (Wildman–Crippen LogP) is 0.673. The summed E-state index contributed by atoms with van der Waals surface area (Å²) in [5.74, 6) is -1.05. The van der Waals surface area contributed by atoms with Gasteiger partial charge in [0.15, 0.2) is 0 Å². The van der Waals surface area contributed by atoms with Gasteiger partial charge in [0.25, 0.3) is 0 Å². The van der Waals surface area contributed by atoms with Gasteiger partial charge in [0.05, 0.1) is 12.7 Å². The molecular formula is C12H14N4O3S. The molecule has 1 amide bonds. The molecule has 0 aliphatic heterocycles. The van der Waals surface area contributed by atoms with Crippen molar-refractivity contribution in [3.63, 3.8) is 0 Å². The average Bonchev–Trinajstić information content (AvgIpc) is 3.04. The van der Waals surface area contributed by atoms with Crippen LogP contribution in [0.1, 0.15) is 17.7 Å². The molecule has 0 unspecified atom stereocenters. The Balaban J connectivity index is 1.72. The highest BCUT2D eigenvalue weighted by Crippen LogP contribution is 2.08. The zero-order valence-corrected chi connectivity index (χ0v) is 11.5. The normalized spacial score (nSPS) is 10.4. The number of aromatic nitrogens is 3. The van der Waals surface area contributed by atoms with Crippen LogP contribution in [0.4, 0.5) is 0 Å². The van der Waals surface area contributed by atoms with Gasteiger partial charge in [0, 0.05) is 6.42 Å². The smallest absolute Gasteiger partial charge is 0.325 e. The molecule has 0 bridgehead atoms. The number of hydrogen-bond donors (Lipinski definition) is 2. The van der Waals surface area contributed by atoms with Gasteiger partial charge < -0.3 is 10.4 Å². The van der Waals surface area contributed by atoms with Crippen LogP contribution in [0.2, 0.25) is 0 Å². The first kappa shape index (κ1) is 14.2. The van der Waals surface area contributed by atoms with E-state index in [0.717, 1.165) is 5.56 Å². The first-order valence-electron chi connectivity index (χ1n) is 6.02. The van der Waals surface area contributed by atoms with Gasteiger partial charge in [-0.25, -0.2) is 4.68 Å². The van der Waals surface area contributed by atoms with Crippen molar-refractivity contribution < 1.29 is 14.7 Å². The molecular weight excluding hydrogens is 280 g/mol. The van der Waals surface area contributed by atoms with Gasteiger partial charge in [-0.05, 0) is 28.8 Å². The van der Waals surface area contributed by atoms with Crippen molar-refractivity contribution in [2.45, 2.75) is 25.9 Å². The summed E-state index contributed by atoms with van der Waals surface area (Å²) in [6, 6.07) is 2.00. The SMILES string of the molecule is O=C(O)Cn1cc(CNC(=O)CCc2ccsc2)nn1. The van der Waals surface area contributed by atoms with Gasteiger partial charge in [-0.2, -0.15) is 11.3 Å². The number of carbonyl (C=O) groups is 2. The summed E-state index contributed by atoms with van der Waals surface area (Å²) in [7, 11) is 0. The molecule has 0 saturated heterocycles. The number of aryl methyl sites for hydroxylation is 1. The Labute approximate surface area is 119 Å². The summed E-state index contributed by atoms with van der Waals surface area (Å²) in [5, 5.41) is 22.8. The first-order chi connectivity index (χ1) is 9.63. The van der Waals surface area contributed by atoms with Crippen LogP contribution >= 0.6 is 11.3 Å². The molecule has 7 nitrogen and oxygen atoms in total. The molecule has 0 saturated carbocycles. The van der Waals surface area contributed by atoms with E-state index in [1.54, 1.807) is 11.3 Å². The van der Waals surface area contributed by atoms with Gasteiger partial charge in [0.2, 0.25) is 5.91 Å². The second-order valence-electron chi connectivity index (χ2n) is 4.21. The van der Waals surface area contributed by atoms with E-state index < -0.39 is 5.97 Å². The highest BCUT2D eigenvalue weighted by Gasteiger charge is 2.06. The number of hydrogen-bond acceptors (Lipinski definition) is 5. The maximum Gasteiger partial charge on any atom is 0.325 e. The second kappa shape index (κ2) is 6.80. The maximum absolute atomic E-state index is 11.6. The van der Waals surface area contributed by atoms with Gasteiger partial charge in [0.1, 0.15) is 12.2 Å². The number of amides is 1. The fraction of sp³-hybridized carbons (Fsp3) is 0.333. The number of carboxylic acid groups (broad SMARTS) is 1. The third-order valence-corrected chi connectivity index (χ3v) is 3.30. The number of thiophene rings is 1. The number of rotatable bonds is 7. The maximum atomic E-state index is 11.6. The molecule has 106 valence electrons. The largest absolute Gasteiger partial charge is 0.480 e. The van der Waals surface area contributed by atoms with Crippen molar-refractivity contribution in [2.24, 2.45) is 0 Å². The van der Waals surface area contributed by atoms with Crippen molar-refractivity contribution in [1.82, 2.24) is 20.3 Å². The van der Waals surface area contributed by atoms with Gasteiger partial charge in [-0.3, -0.25) is 9.59 Å². The monoisotopic (exact) mass is 294 g/mol. The summed E-state index contributed by atoms with van der Waals surface area (Å²) >= 11 is 1.61. The first-order valence-corrected chi connectivity index (χ1v) is 6.96. The van der Waals surface area contributed by atoms with E-state index in [-0.39, 0.29) is 19.0 Å². The molecule has 0 atom stereocenters. The van der Waals surface area contributed by atoms with Crippen LogP contribution in [-0.4, -0.2) is 32.0 Å². The zero-order valence-electron chi connectivity index (χ0n) is 10.7. The van der Waals surface area contributed by atoms with Crippen LogP contribution in [0.25, 0.3) is 0 Å². The average molecular weight is 294 g/mol. The Morgan fingerprint density at radius 1 is 1.45 bits per heavy atom. The Hall–Kier alpha value is -2.22. The lowest BCUT2D eigenvalue weighted by atomic mass is 10.2. The van der Waals surface area contributed by atoms with Gasteiger partial charge in [-0.15, -0.1) is 5.10 Å². The van der Waals surface area contributed by atoms with Crippen molar-refractivity contribution >= 4 is 23.2 Å². The van der Waals surface area contributed by atoms with E-state index in [1.807, 2.05) is 16.8 Å². The summed E-state index contributed by atoms with van der Waals surface area (Å²) in [4.78, 5) is 22.1. The molecule has 2 N–H and O–H groups in total. The minimum atomic E-state index is -0.985. The van der Waals surface area contributed by atoms with Crippen LogP contribution in [0.15, 0.2) is 23.0 Å². The predicted molar refractivity (Wildman–Crippen MR) is 72.1 cm³/mol. The van der Waals surface area contributed by atoms with Crippen molar-refractivity contribution in [3.05, 3.63) is 34.3 Å². The minimum absolute atomic E-state index is 0.0658. The zero-order chi connectivity index (χ0) is 14.4. The molecule has 20 heavy (non-hydrogen) atoms. The highest BCUT2D eigenvalue weighted by atomic mass is 32.1. The lowest BCUT2D eigenvalue weighted by molar-refractivity contribution is -0.138. The van der Waals surface area contributed by atoms with E-state index in [2.05, 4.69) is 15.6 Å². The van der Waals surface area contributed by atoms with Crippen LogP contribution in [0.5, 0.6) is 0 Å². The minimum Gasteiger partial charge on any atom is -0.480 e. The molecule has 0 radical (unpaired) electrons. The van der Waals surface area contributed by atoms with E-state index in [1.165, 1.54) is 10.9 Å². The second-order valence-corrected chi connectivity index (χ2v) is 4.99. The topological polar surface area (TPSA) is 97.1 Å². The number of aliphatic carboxylic acids is 1. The van der Waals surface area contributed by atoms with Crippen molar-refractivity contribution in [3.8, 4) is 0 Å². The van der Waals surface area contributed by atoms with Crippen LogP contribution in [0, 0.1) is 0 Å². The lowest BCUT2D eigenvalue weighted by Gasteiger charge is -2.01. The van der Waals surface area contributed by atoms with Gasteiger partial charge in [-0.1, -0.05) is 5.21 Å². The Morgan fingerprint density at radius 2 is 2.30 bits per heavy atom. The molecule has 0 aromatic carbocycles. The molecule has 0 aliphatic carbocycles. The molecule has 0 fully saturated rings.